The first-order valence-electron chi connectivity index (χ1n) is 4.50. The van der Waals surface area contributed by atoms with Gasteiger partial charge in [-0.15, -0.1) is 0 Å². The molecule has 2 nitrogen and oxygen atoms in total. The van der Waals surface area contributed by atoms with E-state index in [2.05, 4.69) is 0 Å². The first-order valence-corrected chi connectivity index (χ1v) is 4.88. The standard InChI is InChI=1S/C11H14ClNO/c1-6-4-5-9(7(2)10(6)12)11(14)8(3)13/h4-5,8H,13H2,1-3H3. The molecule has 0 saturated heterocycles. The highest BCUT2D eigenvalue weighted by Gasteiger charge is 2.15. The zero-order valence-electron chi connectivity index (χ0n) is 8.60. The molecule has 0 bridgehead atoms. The average molecular weight is 212 g/mol. The van der Waals surface area contributed by atoms with Crippen molar-refractivity contribution in [1.29, 1.82) is 0 Å². The van der Waals surface area contributed by atoms with Gasteiger partial charge in [-0.25, -0.2) is 0 Å². The largest absolute Gasteiger partial charge is 0.321 e. The van der Waals surface area contributed by atoms with Crippen LogP contribution in [0.4, 0.5) is 0 Å². The average Bonchev–Trinajstić information content (AvgIpc) is 2.13. The fourth-order valence-electron chi connectivity index (χ4n) is 1.33. The topological polar surface area (TPSA) is 43.1 Å². The van der Waals surface area contributed by atoms with Crippen LogP contribution in [0.15, 0.2) is 12.1 Å². The maximum atomic E-state index is 11.6. The lowest BCUT2D eigenvalue weighted by Crippen LogP contribution is -2.27. The van der Waals surface area contributed by atoms with E-state index in [1.807, 2.05) is 19.9 Å². The number of carbonyl (C=O) groups excluding carboxylic acids is 1. The van der Waals surface area contributed by atoms with Crippen molar-refractivity contribution in [2.75, 3.05) is 0 Å². The van der Waals surface area contributed by atoms with Gasteiger partial charge in [0, 0.05) is 10.6 Å². The molecule has 0 heterocycles. The molecule has 76 valence electrons. The lowest BCUT2D eigenvalue weighted by atomic mass is 9.99. The number of nitrogens with two attached hydrogens (primary N) is 1. The van der Waals surface area contributed by atoms with Crippen molar-refractivity contribution in [3.05, 3.63) is 33.8 Å². The van der Waals surface area contributed by atoms with Gasteiger partial charge in [0.25, 0.3) is 0 Å². The van der Waals surface area contributed by atoms with Gasteiger partial charge in [0.2, 0.25) is 0 Å². The number of carbonyl (C=O) groups is 1. The lowest BCUT2D eigenvalue weighted by Gasteiger charge is -2.10. The molecule has 1 rings (SSSR count). The van der Waals surface area contributed by atoms with E-state index in [0.717, 1.165) is 11.1 Å². The van der Waals surface area contributed by atoms with Crippen molar-refractivity contribution in [3.8, 4) is 0 Å². The van der Waals surface area contributed by atoms with E-state index in [0.29, 0.717) is 10.6 Å². The van der Waals surface area contributed by atoms with Gasteiger partial charge in [-0.05, 0) is 31.9 Å². The maximum Gasteiger partial charge on any atom is 0.179 e. The van der Waals surface area contributed by atoms with E-state index in [9.17, 15) is 4.79 Å². The summed E-state index contributed by atoms with van der Waals surface area (Å²) in [6, 6.07) is 3.14. The smallest absolute Gasteiger partial charge is 0.179 e. The zero-order valence-corrected chi connectivity index (χ0v) is 9.35. The van der Waals surface area contributed by atoms with Gasteiger partial charge in [0.1, 0.15) is 0 Å². The number of halogens is 1. The third-order valence-electron chi connectivity index (χ3n) is 2.26. The molecule has 2 N–H and O–H groups in total. The Kier molecular flexibility index (Phi) is 3.29. The predicted octanol–water partition coefficient (Wildman–Crippen LogP) is 2.49. The van der Waals surface area contributed by atoms with Crippen LogP contribution in [0, 0.1) is 13.8 Å². The van der Waals surface area contributed by atoms with Crippen LogP contribution in [0.5, 0.6) is 0 Å². The number of ketones is 1. The molecule has 1 atom stereocenters. The van der Waals surface area contributed by atoms with Crippen LogP contribution >= 0.6 is 11.6 Å². The van der Waals surface area contributed by atoms with E-state index >= 15 is 0 Å². The summed E-state index contributed by atoms with van der Waals surface area (Å²) in [5.74, 6) is -0.0654. The number of rotatable bonds is 2. The normalized spacial score (nSPS) is 12.6. The third kappa shape index (κ3) is 1.97. The second-order valence-corrected chi connectivity index (χ2v) is 3.90. The molecule has 0 aliphatic heterocycles. The summed E-state index contributed by atoms with van der Waals surface area (Å²) in [5.41, 5.74) is 7.94. The Labute approximate surface area is 89.1 Å². The molecule has 14 heavy (non-hydrogen) atoms. The molecule has 1 aromatic carbocycles. The summed E-state index contributed by atoms with van der Waals surface area (Å²) in [5, 5.41) is 0.650. The van der Waals surface area contributed by atoms with Gasteiger partial charge in [-0.1, -0.05) is 23.7 Å². The molecule has 0 aliphatic rings. The Morgan fingerprint density at radius 1 is 1.43 bits per heavy atom. The Morgan fingerprint density at radius 3 is 2.50 bits per heavy atom. The number of Topliss-reactive ketones (excluding diaryl/α,β-unsaturated/α-hetero) is 1. The Bertz CT molecular complexity index is 372. The van der Waals surface area contributed by atoms with Crippen molar-refractivity contribution < 1.29 is 4.79 Å². The summed E-state index contributed by atoms with van der Waals surface area (Å²) in [6.45, 7) is 5.43. The second kappa shape index (κ2) is 4.11. The minimum atomic E-state index is -0.479. The molecular weight excluding hydrogens is 198 g/mol. The number of hydrogen-bond acceptors (Lipinski definition) is 2. The van der Waals surface area contributed by atoms with Crippen LogP contribution in [0.1, 0.15) is 28.4 Å². The van der Waals surface area contributed by atoms with Gasteiger partial charge < -0.3 is 5.73 Å². The summed E-state index contributed by atoms with van der Waals surface area (Å²) >= 11 is 6.04. The molecule has 3 heteroatoms. The fraction of sp³-hybridized carbons (Fsp3) is 0.364. The Morgan fingerprint density at radius 2 is 2.00 bits per heavy atom. The van der Waals surface area contributed by atoms with E-state index in [4.69, 9.17) is 17.3 Å². The maximum absolute atomic E-state index is 11.6. The first kappa shape index (κ1) is 11.2. The van der Waals surface area contributed by atoms with Crippen molar-refractivity contribution in [1.82, 2.24) is 0 Å². The molecule has 0 saturated carbocycles. The quantitative estimate of drug-likeness (QED) is 0.764. The Hall–Kier alpha value is -0.860. The van der Waals surface area contributed by atoms with Crippen LogP contribution in [0.25, 0.3) is 0 Å². The van der Waals surface area contributed by atoms with E-state index < -0.39 is 6.04 Å². The minimum Gasteiger partial charge on any atom is -0.321 e. The SMILES string of the molecule is Cc1ccc(C(=O)C(C)N)c(C)c1Cl. The molecule has 0 aromatic heterocycles. The van der Waals surface area contributed by atoms with E-state index in [1.165, 1.54) is 0 Å². The van der Waals surface area contributed by atoms with Crippen LogP contribution < -0.4 is 5.73 Å². The highest BCUT2D eigenvalue weighted by Crippen LogP contribution is 2.23. The molecule has 0 amide bonds. The van der Waals surface area contributed by atoms with Gasteiger partial charge in [-0.3, -0.25) is 4.79 Å². The summed E-state index contributed by atoms with van der Waals surface area (Å²) < 4.78 is 0. The van der Waals surface area contributed by atoms with Gasteiger partial charge >= 0.3 is 0 Å². The molecule has 0 spiro atoms. The van der Waals surface area contributed by atoms with Crippen molar-refractivity contribution in [2.24, 2.45) is 5.73 Å². The molecule has 0 aliphatic carbocycles. The van der Waals surface area contributed by atoms with Crippen molar-refractivity contribution in [2.45, 2.75) is 26.8 Å². The predicted molar refractivity (Wildman–Crippen MR) is 58.9 cm³/mol. The van der Waals surface area contributed by atoms with Gasteiger partial charge in [0.05, 0.1) is 6.04 Å². The van der Waals surface area contributed by atoms with Crippen LogP contribution in [0.2, 0.25) is 5.02 Å². The van der Waals surface area contributed by atoms with Crippen LogP contribution in [0.3, 0.4) is 0 Å². The second-order valence-electron chi connectivity index (χ2n) is 3.52. The molecular formula is C11H14ClNO. The van der Waals surface area contributed by atoms with E-state index in [-0.39, 0.29) is 5.78 Å². The summed E-state index contributed by atoms with van der Waals surface area (Å²) in [6.07, 6.45) is 0. The van der Waals surface area contributed by atoms with Gasteiger partial charge in [-0.2, -0.15) is 0 Å². The monoisotopic (exact) mass is 211 g/mol. The zero-order chi connectivity index (χ0) is 10.9. The van der Waals surface area contributed by atoms with Crippen LogP contribution in [-0.2, 0) is 0 Å². The first-order chi connectivity index (χ1) is 6.45. The van der Waals surface area contributed by atoms with Crippen LogP contribution in [-0.4, -0.2) is 11.8 Å². The molecule has 0 radical (unpaired) electrons. The summed E-state index contributed by atoms with van der Waals surface area (Å²) in [4.78, 5) is 11.6. The highest BCUT2D eigenvalue weighted by atomic mass is 35.5. The molecule has 1 aromatic rings. The summed E-state index contributed by atoms with van der Waals surface area (Å²) in [7, 11) is 0. The lowest BCUT2D eigenvalue weighted by molar-refractivity contribution is 0.0967. The highest BCUT2D eigenvalue weighted by molar-refractivity contribution is 6.32. The number of aryl methyl sites for hydroxylation is 1. The molecule has 1 unspecified atom stereocenters. The van der Waals surface area contributed by atoms with Crippen molar-refractivity contribution >= 4 is 17.4 Å². The third-order valence-corrected chi connectivity index (χ3v) is 2.84. The Balaban J connectivity index is 3.24. The number of hydrogen-bond donors (Lipinski definition) is 1. The fourth-order valence-corrected chi connectivity index (χ4v) is 1.50. The molecule has 0 fully saturated rings. The van der Waals surface area contributed by atoms with Crippen molar-refractivity contribution in [3.63, 3.8) is 0 Å². The van der Waals surface area contributed by atoms with Gasteiger partial charge in [0.15, 0.2) is 5.78 Å². The van der Waals surface area contributed by atoms with E-state index in [1.54, 1.807) is 13.0 Å². The minimum absolute atomic E-state index is 0.0654. The number of benzene rings is 1.